The average Bonchev–Trinajstić information content (AvgIpc) is 3.04. The van der Waals surface area contributed by atoms with Gasteiger partial charge in [-0.2, -0.15) is 0 Å². The Morgan fingerprint density at radius 2 is 2.44 bits per heavy atom. The molecule has 1 amide bonds. The van der Waals surface area contributed by atoms with Crippen molar-refractivity contribution >= 4 is 17.7 Å². The molecule has 7 heteroatoms. The van der Waals surface area contributed by atoms with Gasteiger partial charge < -0.3 is 14.6 Å². The summed E-state index contributed by atoms with van der Waals surface area (Å²) < 4.78 is 7.33. The van der Waals surface area contributed by atoms with Gasteiger partial charge in [0.15, 0.2) is 11.0 Å². The Hall–Kier alpha value is -1.08. The maximum Gasteiger partial charge on any atom is 0.249 e. The molecule has 100 valence electrons. The van der Waals surface area contributed by atoms with Crippen LogP contribution in [0.15, 0.2) is 5.16 Å². The minimum absolute atomic E-state index is 0.0520. The lowest BCUT2D eigenvalue weighted by molar-refractivity contribution is -0.130. The van der Waals surface area contributed by atoms with Crippen LogP contribution in [0, 0.1) is 0 Å². The Labute approximate surface area is 110 Å². The number of aromatic nitrogens is 3. The Morgan fingerprint density at radius 3 is 3.06 bits per heavy atom. The van der Waals surface area contributed by atoms with Crippen LogP contribution < -0.4 is 5.32 Å². The van der Waals surface area contributed by atoms with Crippen molar-refractivity contribution in [3.05, 3.63) is 5.82 Å². The second kappa shape index (κ2) is 6.19. The van der Waals surface area contributed by atoms with Crippen molar-refractivity contribution in [3.63, 3.8) is 0 Å². The summed E-state index contributed by atoms with van der Waals surface area (Å²) in [7, 11) is 0. The number of rotatable bonds is 5. The molecule has 1 N–H and O–H groups in total. The summed E-state index contributed by atoms with van der Waals surface area (Å²) in [5, 5.41) is 11.9. The van der Waals surface area contributed by atoms with Crippen molar-refractivity contribution in [2.24, 2.45) is 0 Å². The van der Waals surface area contributed by atoms with Crippen LogP contribution in [0.1, 0.15) is 25.6 Å². The van der Waals surface area contributed by atoms with Crippen molar-refractivity contribution in [2.75, 3.05) is 12.9 Å². The van der Waals surface area contributed by atoms with Gasteiger partial charge in [-0.05, 0) is 26.0 Å². The fourth-order valence-corrected chi connectivity index (χ4v) is 2.56. The van der Waals surface area contributed by atoms with Gasteiger partial charge in [0.25, 0.3) is 0 Å². The SMILES string of the molecule is CCn1c(CNC(=O)[C@@H]2CCCO2)nnc1SC. The zero-order chi connectivity index (χ0) is 13.0. The Bertz CT molecular complexity index is 415. The summed E-state index contributed by atoms with van der Waals surface area (Å²) in [5.41, 5.74) is 0. The average molecular weight is 270 g/mol. The van der Waals surface area contributed by atoms with Crippen LogP contribution in [0.3, 0.4) is 0 Å². The van der Waals surface area contributed by atoms with E-state index >= 15 is 0 Å². The first kappa shape index (κ1) is 13.4. The van der Waals surface area contributed by atoms with E-state index in [0.29, 0.717) is 13.2 Å². The molecule has 1 aliphatic rings. The number of hydrogen-bond donors (Lipinski definition) is 1. The first-order valence-electron chi connectivity index (χ1n) is 6.11. The van der Waals surface area contributed by atoms with E-state index in [9.17, 15) is 4.79 Å². The van der Waals surface area contributed by atoms with Gasteiger partial charge in [0.05, 0.1) is 6.54 Å². The third-order valence-electron chi connectivity index (χ3n) is 2.94. The maximum atomic E-state index is 11.8. The number of amides is 1. The highest BCUT2D eigenvalue weighted by atomic mass is 32.2. The largest absolute Gasteiger partial charge is 0.368 e. The Kier molecular flexibility index (Phi) is 4.60. The molecular weight excluding hydrogens is 252 g/mol. The minimum Gasteiger partial charge on any atom is -0.368 e. The normalized spacial score (nSPS) is 19.1. The van der Waals surface area contributed by atoms with Gasteiger partial charge in [-0.3, -0.25) is 4.79 Å². The van der Waals surface area contributed by atoms with E-state index in [1.165, 1.54) is 0 Å². The van der Waals surface area contributed by atoms with Crippen LogP contribution in [0.4, 0.5) is 0 Å². The molecule has 1 aromatic heterocycles. The highest BCUT2D eigenvalue weighted by Crippen LogP contribution is 2.14. The molecule has 1 fully saturated rings. The number of ether oxygens (including phenoxy) is 1. The molecule has 0 spiro atoms. The molecule has 1 saturated heterocycles. The van der Waals surface area contributed by atoms with Gasteiger partial charge in [-0.1, -0.05) is 11.8 Å². The topological polar surface area (TPSA) is 69.0 Å². The molecule has 1 atom stereocenters. The number of carbonyl (C=O) groups excluding carboxylic acids is 1. The van der Waals surface area contributed by atoms with Crippen LogP contribution in [-0.4, -0.2) is 39.6 Å². The molecule has 0 saturated carbocycles. The number of nitrogens with zero attached hydrogens (tertiary/aromatic N) is 3. The lowest BCUT2D eigenvalue weighted by atomic mass is 10.2. The molecule has 0 aliphatic carbocycles. The van der Waals surface area contributed by atoms with Crippen molar-refractivity contribution in [2.45, 2.75) is 44.1 Å². The molecular formula is C11H18N4O2S. The Balaban J connectivity index is 1.93. The maximum absolute atomic E-state index is 11.8. The van der Waals surface area contributed by atoms with E-state index in [1.54, 1.807) is 11.8 Å². The zero-order valence-electron chi connectivity index (χ0n) is 10.7. The zero-order valence-corrected chi connectivity index (χ0v) is 11.5. The fourth-order valence-electron chi connectivity index (χ4n) is 1.98. The summed E-state index contributed by atoms with van der Waals surface area (Å²) in [6.07, 6.45) is 3.44. The molecule has 6 nitrogen and oxygen atoms in total. The smallest absolute Gasteiger partial charge is 0.249 e. The highest BCUT2D eigenvalue weighted by molar-refractivity contribution is 7.98. The Morgan fingerprint density at radius 1 is 1.61 bits per heavy atom. The van der Waals surface area contributed by atoms with Crippen LogP contribution in [-0.2, 0) is 22.6 Å². The lowest BCUT2D eigenvalue weighted by Crippen LogP contribution is -2.34. The lowest BCUT2D eigenvalue weighted by Gasteiger charge is -2.10. The second-order valence-corrected chi connectivity index (χ2v) is 4.84. The van der Waals surface area contributed by atoms with Crippen molar-refractivity contribution in [1.29, 1.82) is 0 Å². The van der Waals surface area contributed by atoms with E-state index in [4.69, 9.17) is 4.74 Å². The summed E-state index contributed by atoms with van der Waals surface area (Å²) in [6.45, 7) is 3.92. The predicted molar refractivity (Wildman–Crippen MR) is 68.3 cm³/mol. The molecule has 2 rings (SSSR count). The second-order valence-electron chi connectivity index (χ2n) is 4.07. The highest BCUT2D eigenvalue weighted by Gasteiger charge is 2.23. The van der Waals surface area contributed by atoms with Crippen LogP contribution in [0.25, 0.3) is 0 Å². The van der Waals surface area contributed by atoms with E-state index in [0.717, 1.165) is 30.4 Å². The first-order chi connectivity index (χ1) is 8.76. The number of nitrogens with one attached hydrogen (secondary N) is 1. The van der Waals surface area contributed by atoms with Crippen LogP contribution >= 0.6 is 11.8 Å². The molecule has 0 aromatic carbocycles. The van der Waals surface area contributed by atoms with Crippen LogP contribution in [0.5, 0.6) is 0 Å². The van der Waals surface area contributed by atoms with Gasteiger partial charge >= 0.3 is 0 Å². The molecule has 0 unspecified atom stereocenters. The standard InChI is InChI=1S/C11H18N4O2S/c1-3-15-9(13-14-11(15)18-2)7-12-10(16)8-5-4-6-17-8/h8H,3-7H2,1-2H3,(H,12,16)/t8-/m0/s1. The van der Waals surface area contributed by atoms with Crippen LogP contribution in [0.2, 0.25) is 0 Å². The van der Waals surface area contributed by atoms with Gasteiger partial charge in [0.2, 0.25) is 5.91 Å². The quantitative estimate of drug-likeness (QED) is 0.802. The number of thioether (sulfide) groups is 1. The monoisotopic (exact) mass is 270 g/mol. The first-order valence-corrected chi connectivity index (χ1v) is 7.34. The number of hydrogen-bond acceptors (Lipinski definition) is 5. The van der Waals surface area contributed by atoms with Crippen molar-refractivity contribution < 1.29 is 9.53 Å². The summed E-state index contributed by atoms with van der Waals surface area (Å²) in [5.74, 6) is 0.733. The van der Waals surface area contributed by atoms with E-state index in [-0.39, 0.29) is 12.0 Å². The molecule has 1 aliphatic heterocycles. The molecule has 2 heterocycles. The van der Waals surface area contributed by atoms with Gasteiger partial charge in [-0.25, -0.2) is 0 Å². The van der Waals surface area contributed by atoms with E-state index in [2.05, 4.69) is 15.5 Å². The van der Waals surface area contributed by atoms with E-state index in [1.807, 2.05) is 17.7 Å². The number of carbonyl (C=O) groups is 1. The van der Waals surface area contributed by atoms with Gasteiger partial charge in [0, 0.05) is 13.2 Å². The molecule has 0 radical (unpaired) electrons. The van der Waals surface area contributed by atoms with E-state index < -0.39 is 0 Å². The molecule has 1 aromatic rings. The summed E-state index contributed by atoms with van der Waals surface area (Å²) in [4.78, 5) is 11.8. The molecule has 0 bridgehead atoms. The minimum atomic E-state index is -0.289. The van der Waals surface area contributed by atoms with Gasteiger partial charge in [0.1, 0.15) is 6.10 Å². The molecule has 18 heavy (non-hydrogen) atoms. The fraction of sp³-hybridized carbons (Fsp3) is 0.727. The third-order valence-corrected chi connectivity index (χ3v) is 3.60. The summed E-state index contributed by atoms with van der Waals surface area (Å²) in [6, 6.07) is 0. The summed E-state index contributed by atoms with van der Waals surface area (Å²) >= 11 is 1.55. The predicted octanol–water partition coefficient (Wildman–Crippen LogP) is 0.815. The third kappa shape index (κ3) is 2.84. The van der Waals surface area contributed by atoms with Crippen molar-refractivity contribution in [1.82, 2.24) is 20.1 Å². The van der Waals surface area contributed by atoms with Gasteiger partial charge in [-0.15, -0.1) is 10.2 Å². The van der Waals surface area contributed by atoms with Crippen molar-refractivity contribution in [3.8, 4) is 0 Å².